The van der Waals surface area contributed by atoms with E-state index < -0.39 is 0 Å². The average molecular weight is 338 g/mol. The molecule has 2 aromatic rings. The van der Waals surface area contributed by atoms with E-state index >= 15 is 0 Å². The monoisotopic (exact) mass is 338 g/mol. The van der Waals surface area contributed by atoms with Gasteiger partial charge in [0.1, 0.15) is 0 Å². The molecule has 0 aliphatic carbocycles. The molecular weight excluding hydrogens is 316 g/mol. The third-order valence-corrected chi connectivity index (χ3v) is 4.32. The summed E-state index contributed by atoms with van der Waals surface area (Å²) in [7, 11) is 0. The first-order valence-corrected chi connectivity index (χ1v) is 8.53. The fraction of sp³-hybridized carbons (Fsp3) is 0.300. The van der Waals surface area contributed by atoms with Crippen LogP contribution >= 0.6 is 0 Å². The summed E-state index contributed by atoms with van der Waals surface area (Å²) in [5.41, 5.74) is 3.86. The summed E-state index contributed by atoms with van der Waals surface area (Å²) in [4.78, 5) is 25.9. The van der Waals surface area contributed by atoms with Gasteiger partial charge in [-0.1, -0.05) is 24.3 Å². The fourth-order valence-electron chi connectivity index (χ4n) is 2.94. The lowest BCUT2D eigenvalue weighted by Gasteiger charge is -2.29. The maximum atomic E-state index is 12.4. The summed E-state index contributed by atoms with van der Waals surface area (Å²) in [6.07, 6.45) is 0.899. The second kappa shape index (κ2) is 7.83. The summed E-state index contributed by atoms with van der Waals surface area (Å²) < 4.78 is 4.95. The van der Waals surface area contributed by atoms with Crippen molar-refractivity contribution in [3.63, 3.8) is 0 Å². The van der Waals surface area contributed by atoms with Crippen LogP contribution in [0.5, 0.6) is 0 Å². The molecule has 0 atom stereocenters. The van der Waals surface area contributed by atoms with Crippen molar-refractivity contribution < 1.29 is 14.3 Å². The van der Waals surface area contributed by atoms with Gasteiger partial charge in [0, 0.05) is 18.8 Å². The summed E-state index contributed by atoms with van der Waals surface area (Å²) in [6, 6.07) is 15.2. The summed E-state index contributed by atoms with van der Waals surface area (Å²) in [5, 5.41) is 3.12. The van der Waals surface area contributed by atoms with Crippen LogP contribution in [0.1, 0.15) is 28.4 Å². The van der Waals surface area contributed by atoms with Gasteiger partial charge in [-0.15, -0.1) is 0 Å². The van der Waals surface area contributed by atoms with Crippen LogP contribution in [-0.2, 0) is 22.5 Å². The number of nitrogens with zero attached hydrogens (tertiary/aromatic N) is 1. The summed E-state index contributed by atoms with van der Waals surface area (Å²) in [5.74, 6) is -0.263. The highest BCUT2D eigenvalue weighted by Gasteiger charge is 2.19. The van der Waals surface area contributed by atoms with Crippen molar-refractivity contribution in [3.05, 3.63) is 65.2 Å². The highest BCUT2D eigenvalue weighted by molar-refractivity contribution is 5.90. The number of ether oxygens (including phenoxy) is 1. The van der Waals surface area contributed by atoms with Gasteiger partial charge in [-0.05, 0) is 48.7 Å². The van der Waals surface area contributed by atoms with Crippen molar-refractivity contribution in [2.75, 3.05) is 25.0 Å². The summed E-state index contributed by atoms with van der Waals surface area (Å²) in [6.45, 7) is 3.78. The van der Waals surface area contributed by atoms with Crippen molar-refractivity contribution >= 4 is 17.6 Å². The van der Waals surface area contributed by atoms with Crippen molar-refractivity contribution in [3.8, 4) is 0 Å². The fourth-order valence-corrected chi connectivity index (χ4v) is 2.94. The molecule has 5 heteroatoms. The lowest BCUT2D eigenvalue weighted by Crippen LogP contribution is -2.39. The van der Waals surface area contributed by atoms with Gasteiger partial charge < -0.3 is 15.0 Å². The predicted molar refractivity (Wildman–Crippen MR) is 96.5 cm³/mol. The molecule has 0 fully saturated rings. The smallest absolute Gasteiger partial charge is 0.338 e. The number of rotatable bonds is 5. The van der Waals surface area contributed by atoms with Crippen LogP contribution < -0.4 is 5.32 Å². The number of anilines is 1. The molecule has 0 spiro atoms. The molecule has 1 N–H and O–H groups in total. The van der Waals surface area contributed by atoms with E-state index in [1.54, 1.807) is 31.2 Å². The Morgan fingerprint density at radius 2 is 1.80 bits per heavy atom. The molecule has 0 radical (unpaired) electrons. The zero-order valence-corrected chi connectivity index (χ0v) is 14.3. The van der Waals surface area contributed by atoms with E-state index in [0.29, 0.717) is 18.7 Å². The van der Waals surface area contributed by atoms with E-state index in [9.17, 15) is 9.59 Å². The molecule has 0 saturated carbocycles. The highest BCUT2D eigenvalue weighted by Crippen LogP contribution is 2.18. The van der Waals surface area contributed by atoms with Gasteiger partial charge in [-0.25, -0.2) is 4.79 Å². The van der Waals surface area contributed by atoms with Crippen LogP contribution in [0.15, 0.2) is 48.5 Å². The van der Waals surface area contributed by atoms with Crippen LogP contribution in [0.3, 0.4) is 0 Å². The van der Waals surface area contributed by atoms with Gasteiger partial charge >= 0.3 is 5.97 Å². The van der Waals surface area contributed by atoms with Crippen LogP contribution in [0, 0.1) is 0 Å². The molecule has 5 nitrogen and oxygen atoms in total. The molecule has 2 aromatic carbocycles. The van der Waals surface area contributed by atoms with Crippen LogP contribution in [0.4, 0.5) is 5.69 Å². The van der Waals surface area contributed by atoms with Crippen LogP contribution in [0.2, 0.25) is 0 Å². The number of hydrogen-bond acceptors (Lipinski definition) is 4. The van der Waals surface area contributed by atoms with Gasteiger partial charge in [0.05, 0.1) is 18.7 Å². The van der Waals surface area contributed by atoms with Gasteiger partial charge in [-0.3, -0.25) is 4.79 Å². The van der Waals surface area contributed by atoms with Crippen molar-refractivity contribution in [1.29, 1.82) is 0 Å². The Kier molecular flexibility index (Phi) is 5.33. The molecule has 0 bridgehead atoms. The average Bonchev–Trinajstić information content (AvgIpc) is 2.66. The number of nitrogens with one attached hydrogen (secondary N) is 1. The van der Waals surface area contributed by atoms with E-state index in [2.05, 4.69) is 17.4 Å². The van der Waals surface area contributed by atoms with Crippen LogP contribution in [0.25, 0.3) is 0 Å². The molecular formula is C20H22N2O3. The number of amides is 1. The Morgan fingerprint density at radius 1 is 1.08 bits per heavy atom. The van der Waals surface area contributed by atoms with Gasteiger partial charge in [0.2, 0.25) is 5.91 Å². The first-order valence-electron chi connectivity index (χ1n) is 8.53. The SMILES string of the molecule is CCOC(=O)c1ccc(NCC(=O)N2CCc3ccccc3C2)cc1. The number of fused-ring (bicyclic) bond motifs is 1. The number of carbonyl (C=O) groups excluding carboxylic acids is 2. The van der Waals surface area contributed by atoms with E-state index in [1.165, 1.54) is 11.1 Å². The normalized spacial score (nSPS) is 13.1. The van der Waals surface area contributed by atoms with Gasteiger partial charge in [0.25, 0.3) is 0 Å². The standard InChI is InChI=1S/C20H22N2O3/c1-2-25-20(24)16-7-9-18(10-8-16)21-13-19(23)22-12-11-15-5-3-4-6-17(15)14-22/h3-10,21H,2,11-14H2,1H3. The minimum absolute atomic E-state index is 0.0731. The Balaban J connectivity index is 1.53. The minimum atomic E-state index is -0.336. The van der Waals surface area contributed by atoms with Crippen molar-refractivity contribution in [2.24, 2.45) is 0 Å². The number of esters is 1. The number of benzene rings is 2. The molecule has 0 saturated heterocycles. The zero-order valence-electron chi connectivity index (χ0n) is 14.3. The van der Waals surface area contributed by atoms with Crippen molar-refractivity contribution in [1.82, 2.24) is 4.90 Å². The first-order chi connectivity index (χ1) is 12.2. The molecule has 25 heavy (non-hydrogen) atoms. The third-order valence-electron chi connectivity index (χ3n) is 4.32. The first kappa shape index (κ1) is 17.0. The van der Waals surface area contributed by atoms with E-state index in [0.717, 1.165) is 18.7 Å². The predicted octanol–water partition coefficient (Wildman–Crippen LogP) is 2.86. The second-order valence-electron chi connectivity index (χ2n) is 5.99. The molecule has 1 aliphatic rings. The lowest BCUT2D eigenvalue weighted by atomic mass is 10.00. The van der Waals surface area contributed by atoms with Crippen molar-refractivity contribution in [2.45, 2.75) is 19.9 Å². The van der Waals surface area contributed by atoms with Crippen LogP contribution in [-0.4, -0.2) is 36.5 Å². The van der Waals surface area contributed by atoms with Gasteiger partial charge in [-0.2, -0.15) is 0 Å². The molecule has 1 amide bonds. The Hall–Kier alpha value is -2.82. The number of carbonyl (C=O) groups is 2. The van der Waals surface area contributed by atoms with E-state index in [-0.39, 0.29) is 18.4 Å². The topological polar surface area (TPSA) is 58.6 Å². The maximum absolute atomic E-state index is 12.4. The molecule has 1 heterocycles. The minimum Gasteiger partial charge on any atom is -0.462 e. The molecule has 3 rings (SSSR count). The molecule has 130 valence electrons. The quantitative estimate of drug-likeness (QED) is 0.852. The Morgan fingerprint density at radius 3 is 2.52 bits per heavy atom. The Bertz CT molecular complexity index is 756. The summed E-state index contributed by atoms with van der Waals surface area (Å²) >= 11 is 0. The molecule has 0 unspecified atom stereocenters. The lowest BCUT2D eigenvalue weighted by molar-refractivity contribution is -0.130. The molecule has 1 aliphatic heterocycles. The van der Waals surface area contributed by atoms with E-state index in [1.807, 2.05) is 17.0 Å². The molecule has 0 aromatic heterocycles. The van der Waals surface area contributed by atoms with Gasteiger partial charge in [0.15, 0.2) is 0 Å². The Labute approximate surface area is 147 Å². The third kappa shape index (κ3) is 4.18. The second-order valence-corrected chi connectivity index (χ2v) is 5.99. The zero-order chi connectivity index (χ0) is 17.6. The largest absolute Gasteiger partial charge is 0.462 e. The maximum Gasteiger partial charge on any atom is 0.338 e. The highest BCUT2D eigenvalue weighted by atomic mass is 16.5. The van der Waals surface area contributed by atoms with E-state index in [4.69, 9.17) is 4.74 Å². The number of hydrogen-bond donors (Lipinski definition) is 1.